The van der Waals surface area contributed by atoms with Gasteiger partial charge in [-0.1, -0.05) is 204 Å². The molecular weight excluding hydrogens is 840 g/mol. The van der Waals surface area contributed by atoms with Gasteiger partial charge in [0.15, 0.2) is 6.10 Å². The van der Waals surface area contributed by atoms with Crippen LogP contribution in [0.5, 0.6) is 0 Å². The first-order chi connectivity index (χ1) is 31.7. The van der Waals surface area contributed by atoms with Crippen molar-refractivity contribution in [3.8, 4) is 0 Å². The van der Waals surface area contributed by atoms with Crippen molar-refractivity contribution in [2.45, 2.75) is 257 Å². The van der Waals surface area contributed by atoms with E-state index in [2.05, 4.69) is 62.5 Å². The van der Waals surface area contributed by atoms with Crippen LogP contribution >= 0.6 is 7.82 Å². The summed E-state index contributed by atoms with van der Waals surface area (Å²) in [5.41, 5.74) is 0. The van der Waals surface area contributed by atoms with Crippen molar-refractivity contribution in [3.05, 3.63) is 48.6 Å². The fourth-order valence-corrected chi connectivity index (χ4v) is 8.14. The van der Waals surface area contributed by atoms with Gasteiger partial charge in [-0.25, -0.2) is 4.57 Å². The lowest BCUT2D eigenvalue weighted by atomic mass is 10.1. The summed E-state index contributed by atoms with van der Waals surface area (Å²) in [4.78, 5) is 35.2. The van der Waals surface area contributed by atoms with Crippen LogP contribution in [0.25, 0.3) is 0 Å². The van der Waals surface area contributed by atoms with E-state index < -0.39 is 51.8 Å². The lowest BCUT2D eigenvalue weighted by Crippen LogP contribution is -2.29. The van der Waals surface area contributed by atoms with Crippen LogP contribution < -0.4 is 0 Å². The molecule has 0 radical (unpaired) electrons. The number of allylic oxidation sites excluding steroid dienone is 8. The highest BCUT2D eigenvalue weighted by atomic mass is 31.2. The van der Waals surface area contributed by atoms with Gasteiger partial charge in [-0.3, -0.25) is 18.6 Å². The highest BCUT2D eigenvalue weighted by Crippen LogP contribution is 2.43. The molecule has 0 amide bonds. The Morgan fingerprint density at radius 2 is 0.800 bits per heavy atom. The SMILES string of the molecule is CCCCCCC/C=C\C/C=C\CCCCCCCCCCCC(=O)OCC(COP(=O)(O)OCC(O)CO)OC(=O)CCCCCCCCCCC/C=C\C/C=C\CCCCCCC. The van der Waals surface area contributed by atoms with Crippen molar-refractivity contribution in [3.63, 3.8) is 0 Å². The van der Waals surface area contributed by atoms with Gasteiger partial charge in [-0.2, -0.15) is 0 Å². The van der Waals surface area contributed by atoms with Crippen molar-refractivity contribution in [1.29, 1.82) is 0 Å². The third-order valence-corrected chi connectivity index (χ3v) is 12.4. The Kier molecular flexibility index (Phi) is 48.2. The van der Waals surface area contributed by atoms with Gasteiger partial charge in [0.2, 0.25) is 0 Å². The number of carbonyl (C=O) groups is 2. The molecule has 0 spiro atoms. The summed E-state index contributed by atoms with van der Waals surface area (Å²) < 4.78 is 32.9. The van der Waals surface area contributed by atoms with E-state index in [-0.39, 0.29) is 19.4 Å². The fraction of sp³-hybridized carbons (Fsp3) is 0.815. The lowest BCUT2D eigenvalue weighted by Gasteiger charge is -2.20. The van der Waals surface area contributed by atoms with Gasteiger partial charge in [0, 0.05) is 12.8 Å². The molecule has 3 N–H and O–H groups in total. The van der Waals surface area contributed by atoms with E-state index in [0.29, 0.717) is 12.8 Å². The topological polar surface area (TPSA) is 149 Å². The molecule has 0 aliphatic heterocycles. The second-order valence-electron chi connectivity index (χ2n) is 17.9. The molecule has 10 nitrogen and oxygen atoms in total. The molecule has 380 valence electrons. The number of phosphoric acid groups is 1. The van der Waals surface area contributed by atoms with E-state index in [4.69, 9.17) is 23.6 Å². The molecule has 3 unspecified atom stereocenters. The first-order valence-corrected chi connectivity index (χ1v) is 28.1. The summed E-state index contributed by atoms with van der Waals surface area (Å²) in [7, 11) is -4.63. The van der Waals surface area contributed by atoms with Gasteiger partial charge in [0.05, 0.1) is 19.8 Å². The van der Waals surface area contributed by atoms with Crippen LogP contribution in [-0.4, -0.2) is 65.7 Å². The van der Waals surface area contributed by atoms with E-state index in [1.807, 2.05) is 0 Å². The van der Waals surface area contributed by atoms with Crippen molar-refractivity contribution in [1.82, 2.24) is 0 Å². The zero-order chi connectivity index (χ0) is 47.6. The van der Waals surface area contributed by atoms with Crippen molar-refractivity contribution in [2.75, 3.05) is 26.4 Å². The number of hydrogen-bond donors (Lipinski definition) is 3. The maximum Gasteiger partial charge on any atom is 0.472 e. The maximum absolute atomic E-state index is 12.7. The van der Waals surface area contributed by atoms with E-state index in [1.165, 1.54) is 141 Å². The van der Waals surface area contributed by atoms with E-state index >= 15 is 0 Å². The molecule has 0 heterocycles. The third kappa shape index (κ3) is 49.7. The van der Waals surface area contributed by atoms with Crippen LogP contribution in [0.1, 0.15) is 245 Å². The van der Waals surface area contributed by atoms with Gasteiger partial charge in [-0.15, -0.1) is 0 Å². The largest absolute Gasteiger partial charge is 0.472 e. The van der Waals surface area contributed by atoms with Gasteiger partial charge < -0.3 is 24.6 Å². The number of aliphatic hydroxyl groups excluding tert-OH is 2. The summed E-state index contributed by atoms with van der Waals surface area (Å²) in [5, 5.41) is 18.4. The molecule has 3 atom stereocenters. The molecule has 0 aliphatic rings. The van der Waals surface area contributed by atoms with E-state index in [9.17, 15) is 24.2 Å². The third-order valence-electron chi connectivity index (χ3n) is 11.5. The summed E-state index contributed by atoms with van der Waals surface area (Å²) in [6.07, 6.45) is 56.4. The minimum Gasteiger partial charge on any atom is -0.462 e. The van der Waals surface area contributed by atoms with E-state index in [0.717, 1.165) is 64.2 Å². The van der Waals surface area contributed by atoms with Gasteiger partial charge in [0.25, 0.3) is 0 Å². The maximum atomic E-state index is 12.7. The Labute approximate surface area is 398 Å². The Hall–Kier alpha value is -2.07. The molecule has 0 saturated heterocycles. The van der Waals surface area contributed by atoms with Crippen LogP contribution in [0.3, 0.4) is 0 Å². The number of rotatable bonds is 50. The molecule has 65 heavy (non-hydrogen) atoms. The number of carbonyl (C=O) groups excluding carboxylic acids is 2. The number of ether oxygens (including phenoxy) is 2. The van der Waals surface area contributed by atoms with E-state index in [1.54, 1.807) is 0 Å². The second kappa shape index (κ2) is 49.8. The quantitative estimate of drug-likeness (QED) is 0.0233. The first-order valence-electron chi connectivity index (χ1n) is 26.6. The molecule has 0 aromatic rings. The predicted molar refractivity (Wildman–Crippen MR) is 270 cm³/mol. The number of esters is 2. The average Bonchev–Trinajstić information content (AvgIpc) is 3.30. The molecule has 0 rings (SSSR count). The Morgan fingerprint density at radius 1 is 0.462 bits per heavy atom. The Balaban J connectivity index is 4.18. The van der Waals surface area contributed by atoms with Gasteiger partial charge >= 0.3 is 19.8 Å². The standard InChI is InChI=1S/C54H99O10P/c1-3-5-7-9-11-13-15-17-19-21-23-25-27-29-31-33-35-37-39-41-43-45-53(57)61-49-52(50-63-65(59,60)62-48-51(56)47-55)64-54(58)46-44-42-40-38-36-34-32-30-28-26-24-22-20-18-16-14-12-10-8-6-4-2/h15-18,21-24,51-52,55-56H,3-14,19-20,25-50H2,1-2H3,(H,59,60)/b17-15-,18-16-,23-21-,24-22-. The summed E-state index contributed by atoms with van der Waals surface area (Å²) >= 11 is 0. The lowest BCUT2D eigenvalue weighted by molar-refractivity contribution is -0.161. The monoisotopic (exact) mass is 939 g/mol. The Bertz CT molecular complexity index is 1220. The molecule has 0 saturated carbocycles. The van der Waals surface area contributed by atoms with Crippen LogP contribution in [0.15, 0.2) is 48.6 Å². The van der Waals surface area contributed by atoms with Crippen molar-refractivity contribution < 1.29 is 47.8 Å². The zero-order valence-electron chi connectivity index (χ0n) is 41.7. The van der Waals surface area contributed by atoms with Gasteiger partial charge in [0.1, 0.15) is 12.7 Å². The second-order valence-corrected chi connectivity index (χ2v) is 19.3. The van der Waals surface area contributed by atoms with Crippen LogP contribution in [0.2, 0.25) is 0 Å². The van der Waals surface area contributed by atoms with Crippen LogP contribution in [0.4, 0.5) is 0 Å². The Morgan fingerprint density at radius 3 is 1.18 bits per heavy atom. The first kappa shape index (κ1) is 62.9. The molecule has 0 aliphatic carbocycles. The normalized spacial score (nSPS) is 14.0. The summed E-state index contributed by atoms with van der Waals surface area (Å²) in [5.74, 6) is -0.928. The number of aliphatic hydroxyl groups is 2. The van der Waals surface area contributed by atoms with Crippen molar-refractivity contribution in [2.24, 2.45) is 0 Å². The molecule has 11 heteroatoms. The van der Waals surface area contributed by atoms with Crippen molar-refractivity contribution >= 4 is 19.8 Å². The fourth-order valence-electron chi connectivity index (χ4n) is 7.35. The highest BCUT2D eigenvalue weighted by Gasteiger charge is 2.27. The predicted octanol–water partition coefficient (Wildman–Crippen LogP) is 15.2. The average molecular weight is 939 g/mol. The summed E-state index contributed by atoms with van der Waals surface area (Å²) in [6.45, 7) is 2.39. The van der Waals surface area contributed by atoms with Crippen LogP contribution in [0, 0.1) is 0 Å². The molecule has 0 aromatic carbocycles. The molecule has 0 aromatic heterocycles. The number of phosphoric ester groups is 1. The minimum atomic E-state index is -4.63. The minimum absolute atomic E-state index is 0.178. The number of unbranched alkanes of at least 4 members (excludes halogenated alkanes) is 28. The zero-order valence-corrected chi connectivity index (χ0v) is 42.6. The highest BCUT2D eigenvalue weighted by molar-refractivity contribution is 7.47. The van der Waals surface area contributed by atoms with Gasteiger partial charge in [-0.05, 0) is 77.0 Å². The smallest absolute Gasteiger partial charge is 0.462 e. The summed E-state index contributed by atoms with van der Waals surface area (Å²) in [6, 6.07) is 0. The molecular formula is C54H99O10P. The molecule has 0 fully saturated rings. The number of hydrogen-bond acceptors (Lipinski definition) is 9. The molecule has 0 bridgehead atoms. The van der Waals surface area contributed by atoms with Crippen LogP contribution in [-0.2, 0) is 32.7 Å².